The van der Waals surface area contributed by atoms with Crippen LogP contribution in [0, 0.1) is 0 Å². The summed E-state index contributed by atoms with van der Waals surface area (Å²) in [5.74, 6) is 0.882. The molecule has 1 N–H and O–H groups in total. The lowest BCUT2D eigenvalue weighted by Gasteiger charge is -2.34. The minimum Gasteiger partial charge on any atom is -0.497 e. The van der Waals surface area contributed by atoms with Crippen LogP contribution in [0.1, 0.15) is 10.4 Å². The van der Waals surface area contributed by atoms with E-state index in [0.717, 1.165) is 0 Å². The van der Waals surface area contributed by atoms with Crippen molar-refractivity contribution in [2.24, 2.45) is 0 Å². The fraction of sp³-hybridized carbons (Fsp3) is 0.333. The molecule has 0 aromatic heterocycles. The molecule has 7 nitrogen and oxygen atoms in total. The van der Waals surface area contributed by atoms with E-state index in [4.69, 9.17) is 32.7 Å². The van der Waals surface area contributed by atoms with Crippen molar-refractivity contribution < 1.29 is 19.1 Å². The Labute approximate surface area is 185 Å². The lowest BCUT2D eigenvalue weighted by atomic mass is 10.1. The lowest BCUT2D eigenvalue weighted by Crippen LogP contribution is -2.50. The normalized spacial score (nSPS) is 14.3. The molecule has 1 aliphatic heterocycles. The highest BCUT2D eigenvalue weighted by atomic mass is 35.5. The maximum absolute atomic E-state index is 12.7. The molecule has 0 radical (unpaired) electrons. The van der Waals surface area contributed by atoms with Crippen LogP contribution in [0.2, 0.25) is 10.0 Å². The van der Waals surface area contributed by atoms with Crippen LogP contribution >= 0.6 is 23.2 Å². The van der Waals surface area contributed by atoms with Crippen LogP contribution in [-0.2, 0) is 4.79 Å². The Morgan fingerprint density at radius 2 is 1.73 bits per heavy atom. The second-order valence-electron chi connectivity index (χ2n) is 6.81. The van der Waals surface area contributed by atoms with Crippen LogP contribution in [-0.4, -0.2) is 68.6 Å². The summed E-state index contributed by atoms with van der Waals surface area (Å²) in [6, 6.07) is 10.0. The largest absolute Gasteiger partial charge is 0.497 e. The maximum Gasteiger partial charge on any atom is 0.255 e. The molecule has 2 amide bonds. The first kappa shape index (κ1) is 22.2. The van der Waals surface area contributed by atoms with E-state index in [9.17, 15) is 9.59 Å². The smallest absolute Gasteiger partial charge is 0.255 e. The number of carbonyl (C=O) groups excluding carboxylic acids is 2. The minimum absolute atomic E-state index is 0.135. The van der Waals surface area contributed by atoms with Crippen LogP contribution in [0.4, 0.5) is 5.69 Å². The summed E-state index contributed by atoms with van der Waals surface area (Å²) < 4.78 is 10.5. The molecule has 2 aromatic rings. The van der Waals surface area contributed by atoms with E-state index in [1.54, 1.807) is 48.4 Å². The first-order chi connectivity index (χ1) is 14.4. The van der Waals surface area contributed by atoms with Gasteiger partial charge in [-0.05, 0) is 30.3 Å². The third kappa shape index (κ3) is 5.36. The average Bonchev–Trinajstić information content (AvgIpc) is 2.74. The molecule has 0 saturated carbocycles. The van der Waals surface area contributed by atoms with Crippen LogP contribution in [0.3, 0.4) is 0 Å². The monoisotopic (exact) mass is 451 g/mol. The number of rotatable bonds is 6. The number of carbonyl (C=O) groups is 2. The molecule has 3 rings (SSSR count). The van der Waals surface area contributed by atoms with Gasteiger partial charge in [-0.15, -0.1) is 0 Å². The molecule has 2 aromatic carbocycles. The Bertz CT molecular complexity index is 930. The van der Waals surface area contributed by atoms with Gasteiger partial charge in [-0.3, -0.25) is 14.5 Å². The molecule has 1 heterocycles. The molecule has 30 heavy (non-hydrogen) atoms. The molecule has 1 aliphatic rings. The number of nitrogens with one attached hydrogen (secondary N) is 1. The molecular weight excluding hydrogens is 429 g/mol. The topological polar surface area (TPSA) is 71.1 Å². The molecule has 0 bridgehead atoms. The molecule has 1 saturated heterocycles. The van der Waals surface area contributed by atoms with E-state index in [0.29, 0.717) is 59.0 Å². The number of hydrogen-bond acceptors (Lipinski definition) is 5. The summed E-state index contributed by atoms with van der Waals surface area (Å²) >= 11 is 12.0. The van der Waals surface area contributed by atoms with Gasteiger partial charge < -0.3 is 19.7 Å². The number of benzene rings is 2. The Morgan fingerprint density at radius 3 is 2.37 bits per heavy atom. The van der Waals surface area contributed by atoms with Gasteiger partial charge in [0.1, 0.15) is 11.5 Å². The van der Waals surface area contributed by atoms with Gasteiger partial charge in [0.25, 0.3) is 5.91 Å². The van der Waals surface area contributed by atoms with Gasteiger partial charge in [0.05, 0.1) is 37.0 Å². The first-order valence-electron chi connectivity index (χ1n) is 9.40. The van der Waals surface area contributed by atoms with Gasteiger partial charge in [0, 0.05) is 37.3 Å². The molecule has 0 atom stereocenters. The van der Waals surface area contributed by atoms with Crippen LogP contribution in [0.25, 0.3) is 0 Å². The van der Waals surface area contributed by atoms with Crippen LogP contribution in [0.15, 0.2) is 36.4 Å². The number of amides is 2. The zero-order valence-corrected chi connectivity index (χ0v) is 18.3. The lowest BCUT2D eigenvalue weighted by molar-refractivity contribution is -0.117. The van der Waals surface area contributed by atoms with Crippen molar-refractivity contribution in [3.63, 3.8) is 0 Å². The number of halogens is 2. The number of hydrogen-bond donors (Lipinski definition) is 1. The Morgan fingerprint density at radius 1 is 1.00 bits per heavy atom. The van der Waals surface area contributed by atoms with E-state index in [1.165, 1.54) is 7.11 Å². The van der Waals surface area contributed by atoms with Crippen molar-refractivity contribution in [1.82, 2.24) is 9.80 Å². The first-order valence-corrected chi connectivity index (χ1v) is 10.2. The fourth-order valence-corrected chi connectivity index (χ4v) is 3.73. The van der Waals surface area contributed by atoms with Gasteiger partial charge in [-0.25, -0.2) is 0 Å². The van der Waals surface area contributed by atoms with Crippen molar-refractivity contribution in [2.75, 3.05) is 52.3 Å². The summed E-state index contributed by atoms with van der Waals surface area (Å²) in [6.45, 7) is 2.42. The van der Waals surface area contributed by atoms with Crippen molar-refractivity contribution in [1.29, 1.82) is 0 Å². The SMILES string of the molecule is COc1ccc(NC(=O)CN2CCN(C(=O)c3ccc(Cl)cc3Cl)CC2)c(OC)c1. The van der Waals surface area contributed by atoms with Gasteiger partial charge in [-0.2, -0.15) is 0 Å². The highest BCUT2D eigenvalue weighted by Crippen LogP contribution is 2.29. The Balaban J connectivity index is 1.53. The third-order valence-electron chi connectivity index (χ3n) is 4.87. The molecule has 0 unspecified atom stereocenters. The molecule has 160 valence electrons. The highest BCUT2D eigenvalue weighted by molar-refractivity contribution is 6.36. The summed E-state index contributed by atoms with van der Waals surface area (Å²) in [5.41, 5.74) is 1.01. The van der Waals surface area contributed by atoms with Crippen molar-refractivity contribution in [3.8, 4) is 11.5 Å². The van der Waals surface area contributed by atoms with Gasteiger partial charge in [-0.1, -0.05) is 23.2 Å². The second kappa shape index (κ2) is 10.0. The van der Waals surface area contributed by atoms with Crippen LogP contribution in [0.5, 0.6) is 11.5 Å². The predicted molar refractivity (Wildman–Crippen MR) is 117 cm³/mol. The van der Waals surface area contributed by atoms with E-state index < -0.39 is 0 Å². The summed E-state index contributed by atoms with van der Waals surface area (Å²) in [5, 5.41) is 3.68. The fourth-order valence-electron chi connectivity index (χ4n) is 3.24. The van der Waals surface area contributed by atoms with Gasteiger partial charge in [0.15, 0.2) is 0 Å². The van der Waals surface area contributed by atoms with Gasteiger partial charge in [0.2, 0.25) is 5.91 Å². The Hall–Kier alpha value is -2.48. The van der Waals surface area contributed by atoms with E-state index in [1.807, 2.05) is 4.90 Å². The highest BCUT2D eigenvalue weighted by Gasteiger charge is 2.25. The van der Waals surface area contributed by atoms with Crippen molar-refractivity contribution >= 4 is 40.7 Å². The number of piperazine rings is 1. The quantitative estimate of drug-likeness (QED) is 0.728. The molecule has 9 heteroatoms. The average molecular weight is 452 g/mol. The second-order valence-corrected chi connectivity index (χ2v) is 7.65. The number of ether oxygens (including phenoxy) is 2. The zero-order valence-electron chi connectivity index (χ0n) is 16.8. The van der Waals surface area contributed by atoms with E-state index in [2.05, 4.69) is 5.32 Å². The number of methoxy groups -OCH3 is 2. The van der Waals surface area contributed by atoms with Crippen molar-refractivity contribution in [3.05, 3.63) is 52.0 Å². The third-order valence-corrected chi connectivity index (χ3v) is 5.42. The Kier molecular flexibility index (Phi) is 7.42. The van der Waals surface area contributed by atoms with Gasteiger partial charge >= 0.3 is 0 Å². The molecule has 1 fully saturated rings. The standard InChI is InChI=1S/C21H23Cl2N3O4/c1-29-15-4-6-18(19(12-15)30-2)24-20(27)13-25-7-9-26(10-8-25)21(28)16-5-3-14(22)11-17(16)23/h3-6,11-12H,7-10,13H2,1-2H3,(H,24,27). The van der Waals surface area contributed by atoms with Crippen molar-refractivity contribution in [2.45, 2.75) is 0 Å². The summed E-state index contributed by atoms with van der Waals surface area (Å²) in [4.78, 5) is 28.9. The minimum atomic E-state index is -0.154. The predicted octanol–water partition coefficient (Wildman–Crippen LogP) is 3.41. The summed E-state index contributed by atoms with van der Waals surface area (Å²) in [7, 11) is 3.10. The van der Waals surface area contributed by atoms with Crippen LogP contribution < -0.4 is 14.8 Å². The van der Waals surface area contributed by atoms with E-state index >= 15 is 0 Å². The maximum atomic E-state index is 12.7. The number of nitrogens with zero attached hydrogens (tertiary/aromatic N) is 2. The molecular formula is C21H23Cl2N3O4. The molecule has 0 aliphatic carbocycles. The summed E-state index contributed by atoms with van der Waals surface area (Å²) in [6.07, 6.45) is 0. The number of anilines is 1. The molecule has 0 spiro atoms. The zero-order chi connectivity index (χ0) is 21.7. The van der Waals surface area contributed by atoms with E-state index in [-0.39, 0.29) is 18.4 Å².